The van der Waals surface area contributed by atoms with E-state index in [0.717, 1.165) is 17.2 Å². The molecule has 1 amide bonds. The van der Waals surface area contributed by atoms with E-state index < -0.39 is 11.9 Å². The van der Waals surface area contributed by atoms with E-state index >= 15 is 0 Å². The molecule has 3 N–H and O–H groups in total. The van der Waals surface area contributed by atoms with Crippen LogP contribution < -0.4 is 5.32 Å². The maximum absolute atomic E-state index is 12.9. The van der Waals surface area contributed by atoms with Crippen LogP contribution in [-0.4, -0.2) is 22.1 Å². The number of benzene rings is 3. The van der Waals surface area contributed by atoms with Crippen LogP contribution >= 0.6 is 0 Å². The summed E-state index contributed by atoms with van der Waals surface area (Å²) in [5, 5.41) is 21.7. The van der Waals surface area contributed by atoms with E-state index in [2.05, 4.69) is 5.32 Å². The summed E-state index contributed by atoms with van der Waals surface area (Å²) >= 11 is 0. The zero-order valence-electron chi connectivity index (χ0n) is 14.3. The largest absolute Gasteiger partial charge is 0.506 e. The summed E-state index contributed by atoms with van der Waals surface area (Å²) in [5.74, 6) is -1.88. The minimum Gasteiger partial charge on any atom is -0.506 e. The lowest BCUT2D eigenvalue weighted by molar-refractivity contribution is -0.111. The molecule has 27 heavy (non-hydrogen) atoms. The second-order valence-electron chi connectivity index (χ2n) is 5.83. The molecule has 0 fully saturated rings. The second kappa shape index (κ2) is 8.01. The summed E-state index contributed by atoms with van der Waals surface area (Å²) in [5.41, 5.74) is 2.08. The van der Waals surface area contributed by atoms with E-state index in [1.54, 1.807) is 6.08 Å². The highest BCUT2D eigenvalue weighted by Gasteiger charge is 2.15. The Morgan fingerprint density at radius 2 is 1.44 bits per heavy atom. The normalized spacial score (nSPS) is 11.0. The first kappa shape index (κ1) is 17.9. The maximum Gasteiger partial charge on any atom is 0.335 e. The van der Waals surface area contributed by atoms with Crippen molar-refractivity contribution in [2.45, 2.75) is 0 Å². The molecule has 0 heterocycles. The van der Waals surface area contributed by atoms with E-state index in [1.807, 2.05) is 60.7 Å². The van der Waals surface area contributed by atoms with Crippen LogP contribution in [0.3, 0.4) is 0 Å². The predicted octanol–water partition coefficient (Wildman–Crippen LogP) is 4.27. The van der Waals surface area contributed by atoms with Gasteiger partial charge >= 0.3 is 5.97 Å². The third-order valence-corrected chi connectivity index (χ3v) is 3.93. The standard InChI is InChI=1S/C22H17NO4/c24-20-14-17(22(26)27)11-12-19(20)23-21(25)18(16-9-5-2-6-10-16)13-15-7-3-1-4-8-15/h1-14,24H,(H,23,25)(H,26,27)/b18-13-. The number of carbonyl (C=O) groups excluding carboxylic acids is 1. The third kappa shape index (κ3) is 4.41. The summed E-state index contributed by atoms with van der Waals surface area (Å²) in [7, 11) is 0. The fraction of sp³-hybridized carbons (Fsp3) is 0. The molecule has 5 nitrogen and oxygen atoms in total. The van der Waals surface area contributed by atoms with Crippen molar-refractivity contribution in [1.29, 1.82) is 0 Å². The molecule has 0 saturated carbocycles. The van der Waals surface area contributed by atoms with Gasteiger partial charge in [-0.3, -0.25) is 4.79 Å². The van der Waals surface area contributed by atoms with Crippen LogP contribution in [0, 0.1) is 0 Å². The molecule has 0 saturated heterocycles. The number of amides is 1. The summed E-state index contributed by atoms with van der Waals surface area (Å²) in [4.78, 5) is 23.9. The number of aromatic hydroxyl groups is 1. The van der Waals surface area contributed by atoms with Crippen molar-refractivity contribution in [3.8, 4) is 5.75 Å². The van der Waals surface area contributed by atoms with Gasteiger partial charge in [-0.25, -0.2) is 4.79 Å². The Bertz CT molecular complexity index is 995. The Morgan fingerprint density at radius 1 is 0.815 bits per heavy atom. The average Bonchev–Trinajstić information content (AvgIpc) is 2.69. The van der Waals surface area contributed by atoms with Gasteiger partial charge in [0.2, 0.25) is 0 Å². The molecule has 0 aliphatic rings. The molecule has 0 aliphatic carbocycles. The van der Waals surface area contributed by atoms with Crippen molar-refractivity contribution < 1.29 is 19.8 Å². The SMILES string of the molecule is O=C(Nc1ccc(C(=O)O)cc1O)/C(=C\c1ccccc1)c1ccccc1. The number of nitrogens with one attached hydrogen (secondary N) is 1. The fourth-order valence-electron chi connectivity index (χ4n) is 2.57. The van der Waals surface area contributed by atoms with E-state index in [4.69, 9.17) is 5.11 Å². The van der Waals surface area contributed by atoms with Crippen LogP contribution in [0.5, 0.6) is 5.75 Å². The molecular formula is C22H17NO4. The molecule has 0 aliphatic heterocycles. The fourth-order valence-corrected chi connectivity index (χ4v) is 2.57. The lowest BCUT2D eigenvalue weighted by Crippen LogP contribution is -2.14. The second-order valence-corrected chi connectivity index (χ2v) is 5.83. The van der Waals surface area contributed by atoms with Gasteiger partial charge in [-0.15, -0.1) is 0 Å². The van der Waals surface area contributed by atoms with Crippen LogP contribution in [-0.2, 0) is 4.79 Å². The first-order chi connectivity index (χ1) is 13.0. The quantitative estimate of drug-likeness (QED) is 0.361. The molecule has 134 valence electrons. The molecule has 0 bridgehead atoms. The lowest BCUT2D eigenvalue weighted by Gasteiger charge is -2.11. The molecule has 5 heteroatoms. The van der Waals surface area contributed by atoms with Crippen molar-refractivity contribution in [1.82, 2.24) is 0 Å². The number of carboxylic acids is 1. The number of anilines is 1. The van der Waals surface area contributed by atoms with Gasteiger partial charge in [0, 0.05) is 5.57 Å². The zero-order valence-corrected chi connectivity index (χ0v) is 14.3. The summed E-state index contributed by atoms with van der Waals surface area (Å²) in [6.07, 6.45) is 1.76. The van der Waals surface area contributed by atoms with Gasteiger partial charge in [-0.2, -0.15) is 0 Å². The van der Waals surface area contributed by atoms with Gasteiger partial charge < -0.3 is 15.5 Å². The van der Waals surface area contributed by atoms with Crippen LogP contribution in [0.2, 0.25) is 0 Å². The van der Waals surface area contributed by atoms with E-state index in [0.29, 0.717) is 5.57 Å². The van der Waals surface area contributed by atoms with Gasteiger partial charge in [0.05, 0.1) is 11.3 Å². The van der Waals surface area contributed by atoms with Gasteiger partial charge in [-0.1, -0.05) is 60.7 Å². The van der Waals surface area contributed by atoms with Gasteiger partial charge in [0.15, 0.2) is 0 Å². The Hall–Kier alpha value is -3.86. The van der Waals surface area contributed by atoms with Crippen LogP contribution in [0.4, 0.5) is 5.69 Å². The van der Waals surface area contributed by atoms with Crippen molar-refractivity contribution in [3.63, 3.8) is 0 Å². The molecule has 3 rings (SSSR count). The smallest absolute Gasteiger partial charge is 0.335 e. The Kier molecular flexibility index (Phi) is 5.33. The number of carboxylic acid groups (broad SMARTS) is 1. The molecule has 0 unspecified atom stereocenters. The van der Waals surface area contributed by atoms with Crippen molar-refractivity contribution in [2.75, 3.05) is 5.32 Å². The Labute approximate surface area is 156 Å². The molecule has 0 radical (unpaired) electrons. The minimum atomic E-state index is -1.16. The number of carbonyl (C=O) groups is 2. The van der Waals surface area contributed by atoms with E-state index in [1.165, 1.54) is 12.1 Å². The lowest BCUT2D eigenvalue weighted by atomic mass is 10.0. The topological polar surface area (TPSA) is 86.6 Å². The highest BCUT2D eigenvalue weighted by molar-refractivity contribution is 6.29. The summed E-state index contributed by atoms with van der Waals surface area (Å²) in [6, 6.07) is 22.4. The van der Waals surface area contributed by atoms with Gasteiger partial charge in [0.1, 0.15) is 5.75 Å². The average molecular weight is 359 g/mol. The Morgan fingerprint density at radius 3 is 2.04 bits per heavy atom. The maximum atomic E-state index is 12.9. The van der Waals surface area contributed by atoms with Crippen molar-refractivity contribution in [2.24, 2.45) is 0 Å². The molecule has 3 aromatic carbocycles. The van der Waals surface area contributed by atoms with E-state index in [9.17, 15) is 14.7 Å². The number of rotatable bonds is 5. The molecule has 0 spiro atoms. The van der Waals surface area contributed by atoms with Gasteiger partial charge in [0.25, 0.3) is 5.91 Å². The molecule has 0 atom stereocenters. The monoisotopic (exact) mass is 359 g/mol. The summed E-state index contributed by atoms with van der Waals surface area (Å²) in [6.45, 7) is 0. The highest BCUT2D eigenvalue weighted by Crippen LogP contribution is 2.27. The predicted molar refractivity (Wildman–Crippen MR) is 104 cm³/mol. The number of hydrogen-bond acceptors (Lipinski definition) is 3. The minimum absolute atomic E-state index is 0.0615. The Balaban J connectivity index is 1.95. The van der Waals surface area contributed by atoms with Crippen molar-refractivity contribution >= 4 is 29.2 Å². The zero-order chi connectivity index (χ0) is 19.2. The van der Waals surface area contributed by atoms with Crippen LogP contribution in [0.15, 0.2) is 78.9 Å². The first-order valence-electron chi connectivity index (χ1n) is 8.24. The number of phenolic OH excluding ortho intramolecular Hbond substituents is 1. The number of hydrogen-bond donors (Lipinski definition) is 3. The van der Waals surface area contributed by atoms with Crippen molar-refractivity contribution in [3.05, 3.63) is 95.6 Å². The van der Waals surface area contributed by atoms with Crippen LogP contribution in [0.1, 0.15) is 21.5 Å². The van der Waals surface area contributed by atoms with E-state index in [-0.39, 0.29) is 17.0 Å². The van der Waals surface area contributed by atoms with Gasteiger partial charge in [-0.05, 0) is 35.4 Å². The number of phenols is 1. The first-order valence-corrected chi connectivity index (χ1v) is 8.24. The molecule has 3 aromatic rings. The molecular weight excluding hydrogens is 342 g/mol. The highest BCUT2D eigenvalue weighted by atomic mass is 16.4. The van der Waals surface area contributed by atoms with Crippen LogP contribution in [0.25, 0.3) is 11.6 Å². The third-order valence-electron chi connectivity index (χ3n) is 3.93. The molecule has 0 aromatic heterocycles. The summed E-state index contributed by atoms with van der Waals surface area (Å²) < 4.78 is 0. The number of aromatic carboxylic acids is 1.